The maximum absolute atomic E-state index is 10.7. The number of carboxylic acids is 1. The first-order valence-corrected chi connectivity index (χ1v) is 7.34. The molecule has 1 aliphatic rings. The highest BCUT2D eigenvalue weighted by atomic mass is 32.1. The Morgan fingerprint density at radius 2 is 2.37 bits per heavy atom. The molecule has 4 N–H and O–H groups in total. The van der Waals surface area contributed by atoms with Gasteiger partial charge in [-0.1, -0.05) is 12.8 Å². The highest BCUT2D eigenvalue weighted by molar-refractivity contribution is 7.13. The van der Waals surface area contributed by atoms with Crippen LogP contribution in [0.25, 0.3) is 0 Å². The Morgan fingerprint density at radius 1 is 1.63 bits per heavy atom. The van der Waals surface area contributed by atoms with Gasteiger partial charge in [0, 0.05) is 11.9 Å². The summed E-state index contributed by atoms with van der Waals surface area (Å²) in [6.07, 6.45) is 5.26. The van der Waals surface area contributed by atoms with E-state index in [1.807, 2.05) is 0 Å². The number of aliphatic carboxylic acids is 1. The summed E-state index contributed by atoms with van der Waals surface area (Å²) >= 11 is 1.36. The van der Waals surface area contributed by atoms with E-state index in [0.717, 1.165) is 12.8 Å². The molecule has 1 fully saturated rings. The number of carboxylic acid groups (broad SMARTS) is 1. The predicted molar refractivity (Wildman–Crippen MR) is 73.4 cm³/mol. The summed E-state index contributed by atoms with van der Waals surface area (Å²) in [4.78, 5) is 14.9. The van der Waals surface area contributed by atoms with Crippen molar-refractivity contribution in [2.75, 3.05) is 18.5 Å². The summed E-state index contributed by atoms with van der Waals surface area (Å²) in [6.45, 7) is 1.32. The lowest BCUT2D eigenvalue weighted by atomic mass is 10.2. The monoisotopic (exact) mass is 285 g/mol. The number of rotatable bonds is 7. The highest BCUT2D eigenvalue weighted by Crippen LogP contribution is 2.21. The molecule has 1 unspecified atom stereocenters. The largest absolute Gasteiger partial charge is 0.480 e. The molecule has 0 aliphatic heterocycles. The molecule has 1 atom stereocenters. The Kier molecular flexibility index (Phi) is 5.12. The van der Waals surface area contributed by atoms with Crippen molar-refractivity contribution in [3.05, 3.63) is 11.1 Å². The van der Waals surface area contributed by atoms with Gasteiger partial charge in [0.1, 0.15) is 6.04 Å². The molecule has 1 aliphatic carbocycles. The number of carbonyl (C=O) groups is 1. The van der Waals surface area contributed by atoms with E-state index < -0.39 is 12.0 Å². The number of hydrogen-bond acceptors (Lipinski definition) is 6. The number of ether oxygens (including phenoxy) is 1. The van der Waals surface area contributed by atoms with Gasteiger partial charge in [0.2, 0.25) is 0 Å². The molecule has 0 saturated heterocycles. The normalized spacial score (nSPS) is 17.5. The number of aromatic nitrogens is 1. The van der Waals surface area contributed by atoms with Gasteiger partial charge in [0.25, 0.3) is 0 Å². The minimum absolute atomic E-state index is 0.386. The second-order valence-corrected chi connectivity index (χ2v) is 5.46. The molecule has 1 heterocycles. The van der Waals surface area contributed by atoms with E-state index in [4.69, 9.17) is 15.6 Å². The van der Waals surface area contributed by atoms with Crippen LogP contribution in [0.1, 0.15) is 37.4 Å². The van der Waals surface area contributed by atoms with Gasteiger partial charge in [-0.2, -0.15) is 0 Å². The van der Waals surface area contributed by atoms with E-state index in [0.29, 0.717) is 30.1 Å². The fourth-order valence-electron chi connectivity index (χ4n) is 2.08. The molecular weight excluding hydrogens is 266 g/mol. The number of hydrogen-bond donors (Lipinski definition) is 3. The minimum atomic E-state index is -1.07. The lowest BCUT2D eigenvalue weighted by Crippen LogP contribution is -2.21. The van der Waals surface area contributed by atoms with E-state index in [9.17, 15) is 4.79 Å². The van der Waals surface area contributed by atoms with Crippen molar-refractivity contribution in [2.45, 2.75) is 37.8 Å². The summed E-state index contributed by atoms with van der Waals surface area (Å²) in [5.41, 5.74) is 5.87. The molecule has 19 heavy (non-hydrogen) atoms. The molecule has 0 amide bonds. The summed E-state index contributed by atoms with van der Waals surface area (Å²) in [5, 5.41) is 14.2. The van der Waals surface area contributed by atoms with E-state index in [-0.39, 0.29) is 0 Å². The fourth-order valence-corrected chi connectivity index (χ4v) is 2.85. The van der Waals surface area contributed by atoms with Crippen molar-refractivity contribution < 1.29 is 14.6 Å². The second kappa shape index (κ2) is 6.83. The predicted octanol–water partition coefficient (Wildman–Crippen LogP) is 1.60. The third-order valence-corrected chi connectivity index (χ3v) is 3.96. The number of nitrogens with zero attached hydrogens (tertiary/aromatic N) is 1. The van der Waals surface area contributed by atoms with Crippen molar-refractivity contribution in [3.8, 4) is 0 Å². The van der Waals surface area contributed by atoms with Crippen molar-refractivity contribution in [1.29, 1.82) is 0 Å². The van der Waals surface area contributed by atoms with Crippen LogP contribution in [0.5, 0.6) is 0 Å². The van der Waals surface area contributed by atoms with Crippen LogP contribution in [0.4, 0.5) is 5.13 Å². The van der Waals surface area contributed by atoms with Crippen LogP contribution < -0.4 is 11.1 Å². The lowest BCUT2D eigenvalue weighted by molar-refractivity contribution is -0.138. The number of anilines is 1. The molecule has 1 saturated carbocycles. The van der Waals surface area contributed by atoms with E-state index in [2.05, 4.69) is 10.3 Å². The van der Waals surface area contributed by atoms with Crippen LogP contribution in [0.3, 0.4) is 0 Å². The Hall–Kier alpha value is -1.18. The minimum Gasteiger partial charge on any atom is -0.480 e. The smallest absolute Gasteiger partial charge is 0.326 e. The molecule has 0 aromatic carbocycles. The average molecular weight is 285 g/mol. The fraction of sp³-hybridized carbons (Fsp3) is 0.667. The Labute approximate surface area is 116 Å². The molecule has 7 heteroatoms. The number of thiazole rings is 1. The summed E-state index contributed by atoms with van der Waals surface area (Å²) in [6, 6.07) is -1.05. The third-order valence-electron chi connectivity index (χ3n) is 3.14. The molecule has 6 nitrogen and oxygen atoms in total. The summed E-state index contributed by atoms with van der Waals surface area (Å²) < 4.78 is 5.71. The molecule has 1 aromatic heterocycles. The van der Waals surface area contributed by atoms with Crippen molar-refractivity contribution in [2.24, 2.45) is 5.73 Å². The number of nitrogens with one attached hydrogen (secondary N) is 1. The van der Waals surface area contributed by atoms with Gasteiger partial charge >= 0.3 is 5.97 Å². The lowest BCUT2D eigenvalue weighted by Gasteiger charge is -2.10. The van der Waals surface area contributed by atoms with Crippen molar-refractivity contribution in [3.63, 3.8) is 0 Å². The Balaban J connectivity index is 1.69. The summed E-state index contributed by atoms with van der Waals surface area (Å²) in [5.74, 6) is -1.07. The molecule has 0 spiro atoms. The van der Waals surface area contributed by atoms with Crippen LogP contribution in [0, 0.1) is 0 Å². The van der Waals surface area contributed by atoms with Crippen LogP contribution in [-0.4, -0.2) is 35.3 Å². The van der Waals surface area contributed by atoms with Gasteiger partial charge < -0.3 is 20.9 Å². The van der Waals surface area contributed by atoms with Gasteiger partial charge in [0.15, 0.2) is 5.13 Å². The van der Waals surface area contributed by atoms with Crippen molar-refractivity contribution >= 4 is 22.4 Å². The van der Waals surface area contributed by atoms with Crippen LogP contribution >= 0.6 is 11.3 Å². The average Bonchev–Trinajstić information content (AvgIpc) is 3.05. The maximum Gasteiger partial charge on any atom is 0.326 e. The molecule has 106 valence electrons. The first-order chi connectivity index (χ1) is 9.16. The molecule has 0 radical (unpaired) electrons. The van der Waals surface area contributed by atoms with E-state index in [1.54, 1.807) is 5.38 Å². The molecular formula is C12H19N3O3S. The van der Waals surface area contributed by atoms with E-state index >= 15 is 0 Å². The first kappa shape index (κ1) is 14.2. The second-order valence-electron chi connectivity index (χ2n) is 4.60. The molecule has 2 rings (SSSR count). The van der Waals surface area contributed by atoms with Crippen molar-refractivity contribution in [1.82, 2.24) is 4.98 Å². The quantitative estimate of drug-likeness (QED) is 0.658. The zero-order valence-corrected chi connectivity index (χ0v) is 11.5. The number of nitrogens with two attached hydrogens (primary N) is 1. The topological polar surface area (TPSA) is 97.5 Å². The van der Waals surface area contributed by atoms with Gasteiger partial charge in [-0.15, -0.1) is 11.3 Å². The zero-order valence-electron chi connectivity index (χ0n) is 10.7. The first-order valence-electron chi connectivity index (χ1n) is 6.46. The van der Waals surface area contributed by atoms with Gasteiger partial charge in [-0.05, 0) is 12.8 Å². The maximum atomic E-state index is 10.7. The zero-order chi connectivity index (χ0) is 13.7. The SMILES string of the molecule is NC(C(=O)O)c1csc(NCCOC2CCCC2)n1. The van der Waals surface area contributed by atoms with Crippen LogP contribution in [0.15, 0.2) is 5.38 Å². The van der Waals surface area contributed by atoms with E-state index in [1.165, 1.54) is 24.2 Å². The van der Waals surface area contributed by atoms with Gasteiger partial charge in [-0.3, -0.25) is 4.79 Å². The van der Waals surface area contributed by atoms with Crippen LogP contribution in [0.2, 0.25) is 0 Å². The van der Waals surface area contributed by atoms with Gasteiger partial charge in [-0.25, -0.2) is 4.98 Å². The standard InChI is InChI=1S/C12H19N3O3S/c13-10(11(16)17)9-7-19-12(15-9)14-5-6-18-8-3-1-2-4-8/h7-8,10H,1-6,13H2,(H,14,15)(H,16,17). The highest BCUT2D eigenvalue weighted by Gasteiger charge is 2.18. The van der Waals surface area contributed by atoms with Gasteiger partial charge in [0.05, 0.1) is 18.4 Å². The van der Waals surface area contributed by atoms with Crippen LogP contribution in [-0.2, 0) is 9.53 Å². The molecule has 1 aromatic rings. The summed E-state index contributed by atoms with van der Waals surface area (Å²) in [7, 11) is 0. The third kappa shape index (κ3) is 4.15. The Morgan fingerprint density at radius 3 is 3.05 bits per heavy atom. The molecule has 0 bridgehead atoms. The Bertz CT molecular complexity index is 418.